The topological polar surface area (TPSA) is 64.3 Å². The number of amides is 1. The fourth-order valence-corrected chi connectivity index (χ4v) is 2.07. The van der Waals surface area contributed by atoms with Gasteiger partial charge in [-0.05, 0) is 38.0 Å². The van der Waals surface area contributed by atoms with Gasteiger partial charge in [-0.3, -0.25) is 4.79 Å². The summed E-state index contributed by atoms with van der Waals surface area (Å²) >= 11 is 3.38. The highest BCUT2D eigenvalue weighted by molar-refractivity contribution is 9.10. The molecule has 0 saturated carbocycles. The molecule has 0 heterocycles. The van der Waals surface area contributed by atoms with Crippen LogP contribution in [0.2, 0.25) is 0 Å². The lowest BCUT2D eigenvalue weighted by Crippen LogP contribution is -2.28. The largest absolute Gasteiger partial charge is 0.397 e. The molecule has 1 aromatic rings. The molecule has 1 atom stereocenters. The molecule has 0 aliphatic rings. The number of aryl methyl sites for hydroxylation is 1. The van der Waals surface area contributed by atoms with Crippen LogP contribution >= 0.6 is 15.9 Å². The molecule has 0 aliphatic heterocycles. The summed E-state index contributed by atoms with van der Waals surface area (Å²) in [5.41, 5.74) is 8.00. The smallest absolute Gasteiger partial charge is 0.253 e. The Bertz CT molecular complexity index is 475. The van der Waals surface area contributed by atoms with E-state index in [0.29, 0.717) is 18.0 Å². The van der Waals surface area contributed by atoms with Crippen molar-refractivity contribution in [1.82, 2.24) is 0 Å². The predicted octanol–water partition coefficient (Wildman–Crippen LogP) is 3.26. The molecule has 1 unspecified atom stereocenters. The van der Waals surface area contributed by atoms with Gasteiger partial charge in [0.25, 0.3) is 5.91 Å². The van der Waals surface area contributed by atoms with E-state index in [1.807, 2.05) is 13.0 Å². The number of rotatable bonds is 6. The first-order valence-electron chi connectivity index (χ1n) is 6.04. The summed E-state index contributed by atoms with van der Waals surface area (Å²) in [6.45, 7) is 7.67. The Morgan fingerprint density at radius 3 is 2.95 bits per heavy atom. The number of nitrogens with one attached hydrogen (secondary N) is 1. The second-order valence-corrected chi connectivity index (χ2v) is 5.18. The van der Waals surface area contributed by atoms with Gasteiger partial charge in [0, 0.05) is 4.47 Å². The van der Waals surface area contributed by atoms with Crippen molar-refractivity contribution in [1.29, 1.82) is 0 Å². The van der Waals surface area contributed by atoms with Crippen LogP contribution in [0.3, 0.4) is 0 Å². The first kappa shape index (κ1) is 15.7. The van der Waals surface area contributed by atoms with Gasteiger partial charge >= 0.3 is 0 Å². The van der Waals surface area contributed by atoms with Gasteiger partial charge in [-0.2, -0.15) is 0 Å². The maximum atomic E-state index is 11.9. The number of hydrogen-bond donors (Lipinski definition) is 2. The number of halogens is 1. The van der Waals surface area contributed by atoms with Crippen LogP contribution in [0.4, 0.5) is 11.4 Å². The molecule has 104 valence electrons. The molecule has 0 fully saturated rings. The highest BCUT2D eigenvalue weighted by Crippen LogP contribution is 2.27. The zero-order chi connectivity index (χ0) is 14.4. The minimum absolute atomic E-state index is 0.215. The van der Waals surface area contributed by atoms with Crippen molar-refractivity contribution < 1.29 is 9.53 Å². The average molecular weight is 327 g/mol. The van der Waals surface area contributed by atoms with Crippen LogP contribution in [-0.4, -0.2) is 18.6 Å². The zero-order valence-electron chi connectivity index (χ0n) is 11.2. The lowest BCUT2D eigenvalue weighted by Gasteiger charge is -2.15. The molecule has 5 heteroatoms. The van der Waals surface area contributed by atoms with Gasteiger partial charge in [-0.25, -0.2) is 0 Å². The Kier molecular flexibility index (Phi) is 6.05. The minimum Gasteiger partial charge on any atom is -0.397 e. The maximum absolute atomic E-state index is 11.9. The predicted molar refractivity (Wildman–Crippen MR) is 82.1 cm³/mol. The Morgan fingerprint density at radius 2 is 2.32 bits per heavy atom. The number of ether oxygens (including phenoxy) is 1. The number of carbonyl (C=O) groups excluding carboxylic acids is 1. The van der Waals surface area contributed by atoms with Crippen molar-refractivity contribution in [3.8, 4) is 0 Å². The van der Waals surface area contributed by atoms with Crippen LogP contribution in [0.25, 0.3) is 0 Å². The summed E-state index contributed by atoms with van der Waals surface area (Å²) in [5, 5.41) is 2.77. The summed E-state index contributed by atoms with van der Waals surface area (Å²) in [6.07, 6.45) is 1.94. The fraction of sp³-hybridized carbons (Fsp3) is 0.357. The normalized spacial score (nSPS) is 11.9. The second kappa shape index (κ2) is 7.31. The van der Waals surface area contributed by atoms with Crippen molar-refractivity contribution in [2.75, 3.05) is 17.7 Å². The minimum atomic E-state index is -0.529. The van der Waals surface area contributed by atoms with E-state index in [1.165, 1.54) is 0 Å². The van der Waals surface area contributed by atoms with Gasteiger partial charge in [-0.1, -0.05) is 22.0 Å². The molecule has 0 aliphatic carbocycles. The molecule has 0 saturated heterocycles. The molecule has 0 aromatic heterocycles. The average Bonchev–Trinajstić information content (AvgIpc) is 2.35. The molecule has 19 heavy (non-hydrogen) atoms. The maximum Gasteiger partial charge on any atom is 0.253 e. The fourth-order valence-electron chi connectivity index (χ4n) is 1.50. The van der Waals surface area contributed by atoms with Gasteiger partial charge in [0.2, 0.25) is 0 Å². The van der Waals surface area contributed by atoms with Crippen molar-refractivity contribution in [2.45, 2.75) is 26.4 Å². The first-order chi connectivity index (χ1) is 8.95. The van der Waals surface area contributed by atoms with Crippen LogP contribution in [0.1, 0.15) is 18.9 Å². The van der Waals surface area contributed by atoms with Crippen molar-refractivity contribution in [3.63, 3.8) is 0 Å². The lowest BCUT2D eigenvalue weighted by atomic mass is 10.1. The van der Waals surface area contributed by atoms with E-state index < -0.39 is 6.10 Å². The SMILES string of the molecule is C=CCCOC(C)C(=O)Nc1cc(Br)cc(C)c1N. The van der Waals surface area contributed by atoms with Crippen LogP contribution in [0, 0.1) is 6.92 Å². The molecular weight excluding hydrogens is 308 g/mol. The Balaban J connectivity index is 2.68. The molecule has 0 radical (unpaired) electrons. The van der Waals surface area contributed by atoms with E-state index >= 15 is 0 Å². The quantitative estimate of drug-likeness (QED) is 0.479. The van der Waals surface area contributed by atoms with Gasteiger partial charge < -0.3 is 15.8 Å². The van der Waals surface area contributed by atoms with E-state index in [-0.39, 0.29) is 5.91 Å². The Hall–Kier alpha value is -1.33. The van der Waals surface area contributed by atoms with Gasteiger partial charge in [0.05, 0.1) is 18.0 Å². The molecule has 1 amide bonds. The highest BCUT2D eigenvalue weighted by Gasteiger charge is 2.15. The number of hydrogen-bond acceptors (Lipinski definition) is 3. The lowest BCUT2D eigenvalue weighted by molar-refractivity contribution is -0.126. The third-order valence-corrected chi connectivity index (χ3v) is 3.13. The summed E-state index contributed by atoms with van der Waals surface area (Å²) in [4.78, 5) is 11.9. The van der Waals surface area contributed by atoms with Crippen LogP contribution in [-0.2, 0) is 9.53 Å². The molecule has 3 N–H and O–H groups in total. The third-order valence-electron chi connectivity index (χ3n) is 2.67. The Labute approximate surface area is 122 Å². The number of nitrogen functional groups attached to an aromatic ring is 1. The molecule has 1 aromatic carbocycles. The molecule has 1 rings (SSSR count). The van der Waals surface area contributed by atoms with E-state index in [0.717, 1.165) is 16.5 Å². The molecule has 0 spiro atoms. The van der Waals surface area contributed by atoms with E-state index in [1.54, 1.807) is 19.1 Å². The first-order valence-corrected chi connectivity index (χ1v) is 6.84. The summed E-state index contributed by atoms with van der Waals surface area (Å²) < 4.78 is 6.25. The molecule has 0 bridgehead atoms. The van der Waals surface area contributed by atoms with Crippen LogP contribution in [0.15, 0.2) is 29.3 Å². The number of benzene rings is 1. The van der Waals surface area contributed by atoms with E-state index in [2.05, 4.69) is 27.8 Å². The summed E-state index contributed by atoms with van der Waals surface area (Å²) in [5.74, 6) is -0.215. The van der Waals surface area contributed by atoms with Crippen molar-refractivity contribution in [2.24, 2.45) is 0 Å². The Morgan fingerprint density at radius 1 is 1.63 bits per heavy atom. The molecular formula is C14H19BrN2O2. The van der Waals surface area contributed by atoms with Crippen LogP contribution in [0.5, 0.6) is 0 Å². The van der Waals surface area contributed by atoms with Crippen molar-refractivity contribution >= 4 is 33.2 Å². The molecule has 4 nitrogen and oxygen atoms in total. The standard InChI is InChI=1S/C14H19BrN2O2/c1-4-5-6-19-10(3)14(18)17-12-8-11(15)7-9(2)13(12)16/h4,7-8,10H,1,5-6,16H2,2-3H3,(H,17,18). The van der Waals surface area contributed by atoms with Gasteiger partial charge in [-0.15, -0.1) is 6.58 Å². The monoisotopic (exact) mass is 326 g/mol. The number of carbonyl (C=O) groups is 1. The second-order valence-electron chi connectivity index (χ2n) is 4.26. The third kappa shape index (κ3) is 4.69. The van der Waals surface area contributed by atoms with Crippen molar-refractivity contribution in [3.05, 3.63) is 34.8 Å². The van der Waals surface area contributed by atoms with E-state index in [9.17, 15) is 4.79 Å². The number of anilines is 2. The van der Waals surface area contributed by atoms with Crippen LogP contribution < -0.4 is 11.1 Å². The number of nitrogens with two attached hydrogens (primary N) is 1. The van der Waals surface area contributed by atoms with E-state index in [4.69, 9.17) is 10.5 Å². The van der Waals surface area contributed by atoms with Gasteiger partial charge in [0.1, 0.15) is 6.10 Å². The zero-order valence-corrected chi connectivity index (χ0v) is 12.8. The summed E-state index contributed by atoms with van der Waals surface area (Å²) in [7, 11) is 0. The summed E-state index contributed by atoms with van der Waals surface area (Å²) in [6, 6.07) is 3.67. The highest BCUT2D eigenvalue weighted by atomic mass is 79.9. The van der Waals surface area contributed by atoms with Gasteiger partial charge in [0.15, 0.2) is 0 Å².